The second-order valence-corrected chi connectivity index (χ2v) is 7.39. The Labute approximate surface area is 186 Å². The molecule has 0 aliphatic carbocycles. The molecule has 162 valence electrons. The molecule has 2 N–H and O–H groups in total. The molecular formula is C26H24N2O4. The van der Waals surface area contributed by atoms with Crippen LogP contribution in [-0.4, -0.2) is 18.4 Å². The van der Waals surface area contributed by atoms with Crippen LogP contribution in [0.4, 0.5) is 5.69 Å². The van der Waals surface area contributed by atoms with Gasteiger partial charge in [-0.2, -0.15) is 0 Å². The number of amides is 2. The predicted octanol–water partition coefficient (Wildman–Crippen LogP) is 4.91. The van der Waals surface area contributed by atoms with Gasteiger partial charge >= 0.3 is 0 Å². The Morgan fingerprint density at radius 2 is 1.72 bits per heavy atom. The highest BCUT2D eigenvalue weighted by molar-refractivity contribution is 5.99. The Morgan fingerprint density at radius 3 is 2.56 bits per heavy atom. The van der Waals surface area contributed by atoms with E-state index in [0.717, 1.165) is 22.1 Å². The first-order valence-electron chi connectivity index (χ1n) is 10.4. The normalized spacial score (nSPS) is 10.8. The Kier molecular flexibility index (Phi) is 6.94. The zero-order valence-corrected chi connectivity index (χ0v) is 17.5. The van der Waals surface area contributed by atoms with Crippen molar-refractivity contribution in [2.45, 2.75) is 19.6 Å². The molecule has 0 saturated heterocycles. The Hall–Kier alpha value is -3.90. The number of anilines is 1. The number of benzene rings is 3. The summed E-state index contributed by atoms with van der Waals surface area (Å²) in [5.74, 6) is 0.400. The van der Waals surface area contributed by atoms with E-state index >= 15 is 0 Å². The van der Waals surface area contributed by atoms with E-state index in [2.05, 4.69) is 10.6 Å². The molecule has 0 saturated carbocycles. The molecule has 3 aromatic carbocycles. The summed E-state index contributed by atoms with van der Waals surface area (Å²) in [6.07, 6.45) is 1.79. The lowest BCUT2D eigenvalue weighted by Gasteiger charge is -2.09. The van der Waals surface area contributed by atoms with Crippen molar-refractivity contribution >= 4 is 28.3 Å². The highest BCUT2D eigenvalue weighted by Gasteiger charge is 2.08. The average Bonchev–Trinajstić information content (AvgIpc) is 3.32. The monoisotopic (exact) mass is 428 g/mol. The van der Waals surface area contributed by atoms with Gasteiger partial charge in [-0.05, 0) is 52.7 Å². The second-order valence-electron chi connectivity index (χ2n) is 7.39. The number of hydrogen-bond acceptors (Lipinski definition) is 4. The van der Waals surface area contributed by atoms with Crippen molar-refractivity contribution in [2.75, 3.05) is 11.9 Å². The van der Waals surface area contributed by atoms with Crippen molar-refractivity contribution in [1.82, 2.24) is 5.32 Å². The molecule has 4 rings (SSSR count). The minimum absolute atomic E-state index is 0.169. The molecule has 2 amide bonds. The fourth-order valence-corrected chi connectivity index (χ4v) is 3.35. The van der Waals surface area contributed by atoms with Gasteiger partial charge in [-0.3, -0.25) is 9.59 Å². The van der Waals surface area contributed by atoms with Gasteiger partial charge in [0.25, 0.3) is 5.91 Å². The summed E-state index contributed by atoms with van der Waals surface area (Å²) in [4.78, 5) is 24.7. The summed E-state index contributed by atoms with van der Waals surface area (Å²) in [5, 5.41) is 7.75. The molecule has 0 bridgehead atoms. The van der Waals surface area contributed by atoms with E-state index in [4.69, 9.17) is 9.15 Å². The molecule has 0 aliphatic heterocycles. The highest BCUT2D eigenvalue weighted by Crippen LogP contribution is 2.16. The van der Waals surface area contributed by atoms with E-state index in [0.29, 0.717) is 24.5 Å². The molecule has 0 unspecified atom stereocenters. The molecular weight excluding hydrogens is 404 g/mol. The molecule has 6 nitrogen and oxygen atoms in total. The van der Waals surface area contributed by atoms with Crippen molar-refractivity contribution in [1.29, 1.82) is 0 Å². The number of fused-ring (bicyclic) bond motifs is 1. The molecule has 4 aromatic rings. The maximum Gasteiger partial charge on any atom is 0.251 e. The van der Waals surface area contributed by atoms with Crippen LogP contribution in [0.3, 0.4) is 0 Å². The van der Waals surface area contributed by atoms with Crippen LogP contribution in [0.1, 0.15) is 28.1 Å². The maximum atomic E-state index is 12.4. The number of carbonyl (C=O) groups excluding carboxylic acids is 2. The van der Waals surface area contributed by atoms with Gasteiger partial charge in [0, 0.05) is 24.2 Å². The first kappa shape index (κ1) is 21.3. The van der Waals surface area contributed by atoms with Crippen molar-refractivity contribution in [3.05, 3.63) is 102 Å². The van der Waals surface area contributed by atoms with Crippen LogP contribution < -0.4 is 10.6 Å². The summed E-state index contributed by atoms with van der Waals surface area (Å²) in [6, 6.07) is 24.6. The minimum atomic E-state index is -0.195. The van der Waals surface area contributed by atoms with E-state index in [9.17, 15) is 9.59 Å². The van der Waals surface area contributed by atoms with Crippen molar-refractivity contribution in [2.24, 2.45) is 0 Å². The van der Waals surface area contributed by atoms with Crippen LogP contribution >= 0.6 is 0 Å². The summed E-state index contributed by atoms with van der Waals surface area (Å²) in [7, 11) is 0. The minimum Gasteiger partial charge on any atom is -0.467 e. The zero-order chi connectivity index (χ0) is 22.2. The third kappa shape index (κ3) is 5.83. The van der Waals surface area contributed by atoms with Gasteiger partial charge in [0.15, 0.2) is 0 Å². The lowest BCUT2D eigenvalue weighted by atomic mass is 10.1. The number of hydrogen-bond donors (Lipinski definition) is 2. The Balaban J connectivity index is 1.22. The predicted molar refractivity (Wildman–Crippen MR) is 123 cm³/mol. The van der Waals surface area contributed by atoms with E-state index in [-0.39, 0.29) is 24.8 Å². The number of furan rings is 1. The zero-order valence-electron chi connectivity index (χ0n) is 17.5. The summed E-state index contributed by atoms with van der Waals surface area (Å²) >= 11 is 0. The molecule has 6 heteroatoms. The van der Waals surface area contributed by atoms with Crippen molar-refractivity contribution in [3.8, 4) is 0 Å². The maximum absolute atomic E-state index is 12.4. The molecule has 1 aromatic heterocycles. The quantitative estimate of drug-likeness (QED) is 0.397. The van der Waals surface area contributed by atoms with Crippen LogP contribution in [0.5, 0.6) is 0 Å². The van der Waals surface area contributed by atoms with Crippen LogP contribution in [0.25, 0.3) is 10.8 Å². The molecule has 0 aliphatic rings. The summed E-state index contributed by atoms with van der Waals surface area (Å²) < 4.78 is 10.9. The SMILES string of the molecule is O=C(CCNC(=O)c1ccc2ccccc2c1)Nc1cccc(COCc2ccco2)c1. The van der Waals surface area contributed by atoms with Gasteiger partial charge in [0.05, 0.1) is 12.9 Å². The fraction of sp³-hybridized carbons (Fsp3) is 0.154. The summed E-state index contributed by atoms with van der Waals surface area (Å²) in [6.45, 7) is 1.05. The first-order chi connectivity index (χ1) is 15.7. The molecule has 1 heterocycles. The molecule has 32 heavy (non-hydrogen) atoms. The van der Waals surface area contributed by atoms with Crippen molar-refractivity contribution in [3.63, 3.8) is 0 Å². The molecule has 0 atom stereocenters. The molecule has 0 radical (unpaired) electrons. The third-order valence-corrected chi connectivity index (χ3v) is 4.95. The largest absolute Gasteiger partial charge is 0.467 e. The second kappa shape index (κ2) is 10.4. The van der Waals surface area contributed by atoms with Crippen LogP contribution in [0, 0.1) is 0 Å². The van der Waals surface area contributed by atoms with Gasteiger partial charge in [-0.1, -0.05) is 42.5 Å². The van der Waals surface area contributed by atoms with Gasteiger partial charge in [0.2, 0.25) is 5.91 Å². The van der Waals surface area contributed by atoms with Gasteiger partial charge in [-0.15, -0.1) is 0 Å². The van der Waals surface area contributed by atoms with Gasteiger partial charge < -0.3 is 19.8 Å². The standard InChI is InChI=1S/C26H24N2O4/c29-25(12-13-27-26(30)22-11-10-20-6-1-2-7-21(20)16-22)28-23-8-3-5-19(15-23)17-31-18-24-9-4-14-32-24/h1-11,14-16H,12-13,17-18H2,(H,27,30)(H,28,29). The van der Waals surface area contributed by atoms with Crippen LogP contribution in [0.2, 0.25) is 0 Å². The number of rotatable bonds is 9. The lowest BCUT2D eigenvalue weighted by Crippen LogP contribution is -2.27. The smallest absolute Gasteiger partial charge is 0.251 e. The average molecular weight is 428 g/mol. The highest BCUT2D eigenvalue weighted by atomic mass is 16.5. The van der Waals surface area contributed by atoms with E-state index in [1.54, 1.807) is 12.3 Å². The number of nitrogens with one attached hydrogen (secondary N) is 2. The number of carbonyl (C=O) groups is 2. The Bertz CT molecular complexity index is 1200. The fourth-order valence-electron chi connectivity index (χ4n) is 3.35. The van der Waals surface area contributed by atoms with E-state index in [1.807, 2.05) is 72.8 Å². The van der Waals surface area contributed by atoms with Crippen LogP contribution in [0.15, 0.2) is 89.5 Å². The van der Waals surface area contributed by atoms with E-state index < -0.39 is 0 Å². The first-order valence-corrected chi connectivity index (χ1v) is 10.4. The molecule has 0 spiro atoms. The summed E-state index contributed by atoms with van der Waals surface area (Å²) in [5.41, 5.74) is 2.21. The Morgan fingerprint density at radius 1 is 0.844 bits per heavy atom. The van der Waals surface area contributed by atoms with E-state index in [1.165, 1.54) is 0 Å². The van der Waals surface area contributed by atoms with Crippen molar-refractivity contribution < 1.29 is 18.7 Å². The van der Waals surface area contributed by atoms with Crippen LogP contribution in [-0.2, 0) is 22.7 Å². The van der Waals surface area contributed by atoms with Gasteiger partial charge in [0.1, 0.15) is 12.4 Å². The topological polar surface area (TPSA) is 80.6 Å². The molecule has 0 fully saturated rings. The lowest BCUT2D eigenvalue weighted by molar-refractivity contribution is -0.116. The number of ether oxygens (including phenoxy) is 1. The third-order valence-electron chi connectivity index (χ3n) is 4.95. The van der Waals surface area contributed by atoms with Gasteiger partial charge in [-0.25, -0.2) is 0 Å².